The molecule has 0 saturated carbocycles. The third-order valence-electron chi connectivity index (χ3n) is 16.6. The number of nitrogens with zero attached hydrogens (tertiary/aromatic N) is 3. The van der Waals surface area contributed by atoms with E-state index in [2.05, 4.69) is 234 Å². The van der Waals surface area contributed by atoms with E-state index in [1.807, 2.05) is 6.08 Å². The normalized spacial score (nSPS) is 15.5. The topological polar surface area (TPSA) is 20.6 Å². The van der Waals surface area contributed by atoms with Crippen molar-refractivity contribution in [3.05, 3.63) is 225 Å². The first-order valence-corrected chi connectivity index (χ1v) is 25.9. The number of anilines is 5. The van der Waals surface area contributed by atoms with Crippen LogP contribution in [0.5, 0.6) is 11.5 Å². The second kappa shape index (κ2) is 15.9. The van der Waals surface area contributed by atoms with Gasteiger partial charge < -0.3 is 19.1 Å². The molecule has 0 saturated heterocycles. The molecule has 6 heteroatoms. The Morgan fingerprint density at radius 3 is 1.78 bits per heavy atom. The van der Waals surface area contributed by atoms with Crippen LogP contribution in [0.15, 0.2) is 176 Å². The molecule has 0 unspecified atom stereocenters. The van der Waals surface area contributed by atoms with Crippen molar-refractivity contribution in [2.24, 2.45) is 0 Å². The molecule has 0 fully saturated rings. The molecular formula is C67H55B2N3O. The van der Waals surface area contributed by atoms with Crippen molar-refractivity contribution in [1.82, 2.24) is 4.57 Å². The molecule has 4 nitrogen and oxygen atoms in total. The lowest BCUT2D eigenvalue weighted by atomic mass is 9.30. The molecule has 0 bridgehead atoms. The van der Waals surface area contributed by atoms with Crippen molar-refractivity contribution in [3.8, 4) is 39.4 Å². The molecule has 1 aromatic heterocycles. The molecule has 9 aromatic rings. The molecule has 0 amide bonds. The molecule has 0 atom stereocenters. The number of aromatic nitrogens is 1. The molecule has 0 radical (unpaired) electrons. The zero-order valence-electron chi connectivity index (χ0n) is 42.9. The monoisotopic (exact) mass is 939 g/mol. The number of ether oxygens (including phenoxy) is 1. The number of hydrogen-bond donors (Lipinski definition) is 0. The van der Waals surface area contributed by atoms with Gasteiger partial charge in [0.05, 0.1) is 5.52 Å². The molecular weight excluding hydrogens is 884 g/mol. The zero-order chi connectivity index (χ0) is 49.7. The van der Waals surface area contributed by atoms with E-state index in [0.717, 1.165) is 51.9 Å². The Morgan fingerprint density at radius 1 is 0.534 bits per heavy atom. The predicted octanol–water partition coefficient (Wildman–Crippen LogP) is 12.8. The van der Waals surface area contributed by atoms with Crippen molar-refractivity contribution in [2.45, 2.75) is 61.8 Å². The molecule has 5 aliphatic rings. The van der Waals surface area contributed by atoms with Gasteiger partial charge in [0.25, 0.3) is 6.71 Å². The number of allylic oxidation sites excluding steroid dienone is 4. The van der Waals surface area contributed by atoms with Crippen molar-refractivity contribution in [3.63, 3.8) is 0 Å². The predicted molar refractivity (Wildman–Crippen MR) is 311 cm³/mol. The van der Waals surface area contributed by atoms with Gasteiger partial charge in [-0.1, -0.05) is 131 Å². The number of benzene rings is 8. The van der Waals surface area contributed by atoms with E-state index in [4.69, 9.17) is 4.74 Å². The van der Waals surface area contributed by atoms with Crippen LogP contribution >= 0.6 is 0 Å². The maximum absolute atomic E-state index is 7.57. The summed E-state index contributed by atoms with van der Waals surface area (Å²) < 4.78 is 10.2. The molecule has 0 spiro atoms. The Bertz CT molecular complexity index is 4150. The average molecular weight is 940 g/mol. The highest BCUT2D eigenvalue weighted by atomic mass is 16.5. The lowest BCUT2D eigenvalue weighted by molar-refractivity contribution is 0.488. The van der Waals surface area contributed by atoms with Gasteiger partial charge in [-0.05, 0) is 189 Å². The number of hydrogen-bond acceptors (Lipinski definition) is 3. The smallest absolute Gasteiger partial charge is 0.255 e. The fourth-order valence-corrected chi connectivity index (χ4v) is 13.2. The summed E-state index contributed by atoms with van der Waals surface area (Å²) in [6, 6.07) is 53.4. The van der Waals surface area contributed by atoms with Gasteiger partial charge in [0.1, 0.15) is 11.5 Å². The fourth-order valence-electron chi connectivity index (χ4n) is 13.2. The molecule has 4 aliphatic heterocycles. The molecule has 8 aromatic carbocycles. The van der Waals surface area contributed by atoms with Gasteiger partial charge >= 0.3 is 0 Å². The maximum Gasteiger partial charge on any atom is 0.255 e. The minimum absolute atomic E-state index is 0.00694. The molecule has 73 heavy (non-hydrogen) atoms. The number of rotatable bonds is 5. The first-order chi connectivity index (χ1) is 35.5. The second-order valence-electron chi connectivity index (χ2n) is 21.3. The third kappa shape index (κ3) is 6.29. The Morgan fingerprint density at radius 2 is 1.12 bits per heavy atom. The van der Waals surface area contributed by atoms with Crippen LogP contribution in [0.1, 0.15) is 52.3 Å². The first-order valence-electron chi connectivity index (χ1n) is 25.9. The van der Waals surface area contributed by atoms with Gasteiger partial charge in [0, 0.05) is 61.8 Å². The zero-order valence-corrected chi connectivity index (χ0v) is 42.9. The van der Waals surface area contributed by atoms with E-state index >= 15 is 0 Å². The summed E-state index contributed by atoms with van der Waals surface area (Å²) in [6.45, 7) is 21.8. The second-order valence-corrected chi connectivity index (χ2v) is 21.3. The summed E-state index contributed by atoms with van der Waals surface area (Å²) in [6.07, 6.45) is 9.89. The molecule has 14 rings (SSSR count). The summed E-state index contributed by atoms with van der Waals surface area (Å²) in [4.78, 5) is 4.99. The standard InChI is InChI=1S/C67H55B2N3O/c1-10-12-58-53(11-2)68-56-36-55-59(37-63(56)73-64-35-46(51-30-41(6)14-21-44(51)9)34-62(66(64)68)70(58)47-22-15-38(3)16-23-47)71(48-24-17-39(4)18-25-48)60-32-45(50-29-40(5)13-20-43(50)8)33-61-65(60)69(55)54-27-26-49-52-31-42(7)19-28-57(52)72(61)67(49)54/h10-26,28-37H,1,27H2,2-9H3/b53-11+,58-12+. The number of fused-ring (bicyclic) bond motifs is 9. The van der Waals surface area contributed by atoms with Gasteiger partial charge in [-0.3, -0.25) is 0 Å². The van der Waals surface area contributed by atoms with Crippen LogP contribution in [0, 0.1) is 48.5 Å². The Balaban J connectivity index is 1.09. The van der Waals surface area contributed by atoms with Crippen molar-refractivity contribution < 1.29 is 4.74 Å². The van der Waals surface area contributed by atoms with E-state index in [9.17, 15) is 0 Å². The molecule has 350 valence electrons. The number of aryl methyl sites for hydroxylation is 7. The summed E-state index contributed by atoms with van der Waals surface area (Å²) in [5.41, 5.74) is 30.6. The quantitative estimate of drug-likeness (QED) is 0.160. The Hall–Kier alpha value is -8.21. The van der Waals surface area contributed by atoms with Crippen LogP contribution in [0.3, 0.4) is 0 Å². The molecule has 5 heterocycles. The van der Waals surface area contributed by atoms with Gasteiger partial charge in [-0.15, -0.1) is 0 Å². The summed E-state index contributed by atoms with van der Waals surface area (Å²) in [5.74, 6) is 1.77. The summed E-state index contributed by atoms with van der Waals surface area (Å²) >= 11 is 0. The largest absolute Gasteiger partial charge is 0.458 e. The van der Waals surface area contributed by atoms with E-state index in [0.29, 0.717) is 0 Å². The molecule has 1 aliphatic carbocycles. The highest BCUT2D eigenvalue weighted by Gasteiger charge is 2.48. The van der Waals surface area contributed by atoms with Crippen LogP contribution < -0.4 is 47.0 Å². The minimum atomic E-state index is -0.112. The van der Waals surface area contributed by atoms with E-state index in [1.165, 1.54) is 121 Å². The average Bonchev–Trinajstić information content (AvgIpc) is 3.97. The van der Waals surface area contributed by atoms with Crippen LogP contribution in [0.25, 0.3) is 50.4 Å². The van der Waals surface area contributed by atoms with E-state index in [1.54, 1.807) is 0 Å². The lowest BCUT2D eigenvalue weighted by Gasteiger charge is -2.44. The van der Waals surface area contributed by atoms with Gasteiger partial charge in [-0.25, -0.2) is 0 Å². The van der Waals surface area contributed by atoms with Crippen molar-refractivity contribution >= 4 is 86.2 Å². The molecule has 0 N–H and O–H groups in total. The first kappa shape index (κ1) is 43.6. The lowest BCUT2D eigenvalue weighted by Crippen LogP contribution is -2.60. The van der Waals surface area contributed by atoms with Gasteiger partial charge in [0.2, 0.25) is 6.71 Å². The fraction of sp³-hybridized carbons (Fsp3) is 0.134. The maximum atomic E-state index is 7.57. The van der Waals surface area contributed by atoms with Crippen LogP contribution in [-0.2, 0) is 0 Å². The van der Waals surface area contributed by atoms with Crippen LogP contribution in [0.2, 0.25) is 0 Å². The third-order valence-corrected chi connectivity index (χ3v) is 16.6. The van der Waals surface area contributed by atoms with Crippen molar-refractivity contribution in [2.75, 3.05) is 9.80 Å². The Labute approximate surface area is 429 Å². The summed E-state index contributed by atoms with van der Waals surface area (Å²) in [5, 5.41) is 4.04. The SMILES string of the molecule is C=C/C=C1\C(=C/C)B2c3cc4c(cc3Oc3cc(-c5cc(C)ccc5C)cc(c32)N1c1ccc(C)cc1)N(c1ccc(C)cc1)c1cc(-c2cc(C)ccc2C)cc2c1B4C1=c3c(c4cc(C)ccc4n3-2)=CC1. The highest BCUT2D eigenvalue weighted by Crippen LogP contribution is 2.48. The van der Waals surface area contributed by atoms with Gasteiger partial charge in [-0.2, -0.15) is 0 Å². The van der Waals surface area contributed by atoms with Crippen molar-refractivity contribution in [1.29, 1.82) is 0 Å². The van der Waals surface area contributed by atoms with Crippen LogP contribution in [-0.4, -0.2) is 18.0 Å². The minimum Gasteiger partial charge on any atom is -0.458 e. The highest BCUT2D eigenvalue weighted by molar-refractivity contribution is 7.02. The van der Waals surface area contributed by atoms with E-state index in [-0.39, 0.29) is 13.4 Å². The summed E-state index contributed by atoms with van der Waals surface area (Å²) in [7, 11) is 0. The van der Waals surface area contributed by atoms with Crippen LogP contribution in [0.4, 0.5) is 28.4 Å². The van der Waals surface area contributed by atoms with Gasteiger partial charge in [0.15, 0.2) is 0 Å². The van der Waals surface area contributed by atoms with E-state index < -0.39 is 0 Å². The Kier molecular flexibility index (Phi) is 9.49.